The molecule has 1 aliphatic rings. The number of carbonyl (C=O) groups is 1. The Balaban J connectivity index is 1.99. The van der Waals surface area contributed by atoms with E-state index in [2.05, 4.69) is 0 Å². The molecule has 0 aromatic heterocycles. The van der Waals surface area contributed by atoms with Crippen molar-refractivity contribution in [2.45, 2.75) is 18.9 Å². The first-order valence-electron chi connectivity index (χ1n) is 6.39. The number of benzene rings is 1. The summed E-state index contributed by atoms with van der Waals surface area (Å²) in [6, 6.07) is 10.2. The topological polar surface area (TPSA) is 43.8 Å². The van der Waals surface area contributed by atoms with Gasteiger partial charge in [-0.3, -0.25) is 4.79 Å². The van der Waals surface area contributed by atoms with Crippen LogP contribution in [0, 0.1) is 0 Å². The van der Waals surface area contributed by atoms with E-state index < -0.39 is 0 Å². The molecule has 4 heteroatoms. The van der Waals surface area contributed by atoms with Crippen LogP contribution in [0.1, 0.15) is 12.8 Å². The summed E-state index contributed by atoms with van der Waals surface area (Å²) in [5, 5.41) is 9.10. The lowest BCUT2D eigenvalue weighted by Gasteiger charge is -2.26. The van der Waals surface area contributed by atoms with Gasteiger partial charge in [-0.2, -0.15) is 0 Å². The van der Waals surface area contributed by atoms with Crippen molar-refractivity contribution >= 4 is 11.6 Å². The maximum atomic E-state index is 12.1. The second kappa shape index (κ2) is 5.87. The largest absolute Gasteiger partial charge is 0.395 e. The highest BCUT2D eigenvalue weighted by Crippen LogP contribution is 2.25. The molecule has 0 unspecified atom stereocenters. The summed E-state index contributed by atoms with van der Waals surface area (Å²) in [6.07, 6.45) is 2.24. The van der Waals surface area contributed by atoms with Gasteiger partial charge in [-0.1, -0.05) is 18.2 Å². The quantitative estimate of drug-likeness (QED) is 0.820. The van der Waals surface area contributed by atoms with Gasteiger partial charge in [0.1, 0.15) is 0 Å². The smallest absolute Gasteiger partial charge is 0.242 e. The Morgan fingerprint density at radius 2 is 2.00 bits per heavy atom. The Bertz CT molecular complexity index is 390. The van der Waals surface area contributed by atoms with Crippen LogP contribution in [0.4, 0.5) is 5.69 Å². The Kier molecular flexibility index (Phi) is 4.20. The van der Waals surface area contributed by atoms with E-state index in [1.165, 1.54) is 0 Å². The van der Waals surface area contributed by atoms with Crippen molar-refractivity contribution in [1.29, 1.82) is 0 Å². The molecule has 2 rings (SSSR count). The third kappa shape index (κ3) is 3.23. The van der Waals surface area contributed by atoms with Gasteiger partial charge in [0.05, 0.1) is 13.2 Å². The second-order valence-corrected chi connectivity index (χ2v) is 4.72. The van der Waals surface area contributed by atoms with Crippen molar-refractivity contribution in [3.63, 3.8) is 0 Å². The molecule has 18 heavy (non-hydrogen) atoms. The maximum Gasteiger partial charge on any atom is 0.242 e. The van der Waals surface area contributed by atoms with Gasteiger partial charge >= 0.3 is 0 Å². The second-order valence-electron chi connectivity index (χ2n) is 4.72. The number of anilines is 1. The molecule has 0 aliphatic heterocycles. The monoisotopic (exact) mass is 248 g/mol. The number of nitrogens with zero attached hydrogens (tertiary/aromatic N) is 2. The summed E-state index contributed by atoms with van der Waals surface area (Å²) in [6.45, 7) is 0.862. The molecule has 1 amide bonds. The van der Waals surface area contributed by atoms with E-state index in [1.54, 1.807) is 0 Å². The zero-order chi connectivity index (χ0) is 13.0. The average molecular weight is 248 g/mol. The molecule has 1 aromatic rings. The van der Waals surface area contributed by atoms with E-state index in [0.29, 0.717) is 19.1 Å². The van der Waals surface area contributed by atoms with Gasteiger partial charge in [0.15, 0.2) is 0 Å². The highest BCUT2D eigenvalue weighted by Gasteiger charge is 2.30. The molecule has 1 aliphatic carbocycles. The number of carbonyl (C=O) groups excluding carboxylic acids is 1. The first-order valence-corrected chi connectivity index (χ1v) is 6.39. The maximum absolute atomic E-state index is 12.1. The zero-order valence-corrected chi connectivity index (χ0v) is 10.7. The molecule has 1 saturated carbocycles. The van der Waals surface area contributed by atoms with Gasteiger partial charge in [-0.05, 0) is 25.0 Å². The fraction of sp³-hybridized carbons (Fsp3) is 0.500. The number of hydrogen-bond acceptors (Lipinski definition) is 3. The lowest BCUT2D eigenvalue weighted by Crippen LogP contribution is -2.40. The van der Waals surface area contributed by atoms with Crippen LogP contribution in [-0.4, -0.2) is 48.7 Å². The highest BCUT2D eigenvalue weighted by atomic mass is 16.3. The van der Waals surface area contributed by atoms with Crippen molar-refractivity contribution in [3.05, 3.63) is 30.3 Å². The van der Waals surface area contributed by atoms with E-state index in [9.17, 15) is 4.79 Å². The molecule has 1 N–H and O–H groups in total. The van der Waals surface area contributed by atoms with Gasteiger partial charge < -0.3 is 14.9 Å². The van der Waals surface area contributed by atoms with Crippen molar-refractivity contribution in [3.8, 4) is 0 Å². The lowest BCUT2D eigenvalue weighted by molar-refractivity contribution is -0.128. The number of aliphatic hydroxyl groups excluding tert-OH is 1. The van der Waals surface area contributed by atoms with Crippen molar-refractivity contribution in [2.75, 3.05) is 31.6 Å². The van der Waals surface area contributed by atoms with E-state index in [0.717, 1.165) is 18.5 Å². The van der Waals surface area contributed by atoms with Crippen molar-refractivity contribution in [1.82, 2.24) is 4.90 Å². The predicted molar refractivity (Wildman–Crippen MR) is 71.5 cm³/mol. The van der Waals surface area contributed by atoms with Crippen molar-refractivity contribution < 1.29 is 9.90 Å². The minimum absolute atomic E-state index is 0.0509. The van der Waals surface area contributed by atoms with Gasteiger partial charge in [0, 0.05) is 25.3 Å². The lowest BCUT2D eigenvalue weighted by atomic mass is 10.2. The van der Waals surface area contributed by atoms with E-state index in [-0.39, 0.29) is 12.5 Å². The van der Waals surface area contributed by atoms with Crippen LogP contribution in [-0.2, 0) is 4.79 Å². The molecule has 98 valence electrons. The van der Waals surface area contributed by atoms with Gasteiger partial charge in [-0.25, -0.2) is 0 Å². The molecule has 4 nitrogen and oxygen atoms in total. The number of para-hydroxylation sites is 1. The number of aliphatic hydroxyl groups is 1. The number of rotatable bonds is 6. The first-order chi connectivity index (χ1) is 8.72. The molecule has 0 bridgehead atoms. The summed E-state index contributed by atoms with van der Waals surface area (Å²) in [4.78, 5) is 15.8. The Labute approximate surface area is 108 Å². The number of hydrogen-bond donors (Lipinski definition) is 1. The molecule has 0 heterocycles. The molecule has 0 saturated heterocycles. The molecule has 0 atom stereocenters. The van der Waals surface area contributed by atoms with Crippen LogP contribution in [0.3, 0.4) is 0 Å². The van der Waals surface area contributed by atoms with Gasteiger partial charge in [0.25, 0.3) is 0 Å². The molecular formula is C14H20N2O2. The third-order valence-electron chi connectivity index (χ3n) is 3.31. The third-order valence-corrected chi connectivity index (χ3v) is 3.31. The molecule has 0 spiro atoms. The molecule has 1 aromatic carbocycles. The van der Waals surface area contributed by atoms with Crippen LogP contribution in [0.5, 0.6) is 0 Å². The summed E-state index contributed by atoms with van der Waals surface area (Å²) in [7, 11) is 1.86. The minimum atomic E-state index is 0.0509. The summed E-state index contributed by atoms with van der Waals surface area (Å²) in [5.74, 6) is 0.120. The first kappa shape index (κ1) is 12.9. The Morgan fingerprint density at radius 1 is 1.33 bits per heavy atom. The van der Waals surface area contributed by atoms with Crippen LogP contribution in [0.25, 0.3) is 0 Å². The number of likely N-dealkylation sites (N-methyl/N-ethyl adjacent to an activating group) is 1. The minimum Gasteiger partial charge on any atom is -0.395 e. The van der Waals surface area contributed by atoms with E-state index in [4.69, 9.17) is 5.11 Å². The summed E-state index contributed by atoms with van der Waals surface area (Å²) >= 11 is 0. The molecule has 1 fully saturated rings. The highest BCUT2D eigenvalue weighted by molar-refractivity contribution is 5.81. The van der Waals surface area contributed by atoms with Crippen LogP contribution in [0.2, 0.25) is 0 Å². The van der Waals surface area contributed by atoms with Crippen molar-refractivity contribution in [2.24, 2.45) is 0 Å². The zero-order valence-electron chi connectivity index (χ0n) is 10.7. The molecular weight excluding hydrogens is 228 g/mol. The van der Waals surface area contributed by atoms with E-state index in [1.807, 2.05) is 47.2 Å². The fourth-order valence-corrected chi connectivity index (χ4v) is 2.00. The Hall–Kier alpha value is -1.55. The van der Waals surface area contributed by atoms with Gasteiger partial charge in [-0.15, -0.1) is 0 Å². The molecule has 0 radical (unpaired) electrons. The standard InChI is InChI=1S/C14H20N2O2/c1-15(12-7-8-12)14(18)11-16(9-10-17)13-5-3-2-4-6-13/h2-6,12,17H,7-11H2,1H3. The summed E-state index contributed by atoms with van der Waals surface area (Å²) < 4.78 is 0. The summed E-state index contributed by atoms with van der Waals surface area (Å²) in [5.41, 5.74) is 0.976. The van der Waals surface area contributed by atoms with Crippen LogP contribution >= 0.6 is 0 Å². The van der Waals surface area contributed by atoms with E-state index >= 15 is 0 Å². The normalized spacial score (nSPS) is 14.3. The predicted octanol–water partition coefficient (Wildman–Crippen LogP) is 1.11. The fourth-order valence-electron chi connectivity index (χ4n) is 2.00. The number of amides is 1. The average Bonchev–Trinajstić information content (AvgIpc) is 3.22. The Morgan fingerprint density at radius 3 is 2.56 bits per heavy atom. The SMILES string of the molecule is CN(C(=O)CN(CCO)c1ccccc1)C1CC1. The van der Waals surface area contributed by atoms with Gasteiger partial charge in [0.2, 0.25) is 5.91 Å². The van der Waals surface area contributed by atoms with Crippen LogP contribution in [0.15, 0.2) is 30.3 Å². The van der Waals surface area contributed by atoms with Crippen LogP contribution < -0.4 is 4.90 Å².